The van der Waals surface area contributed by atoms with Crippen LogP contribution in [-0.2, 0) is 9.59 Å². The third-order valence-corrected chi connectivity index (χ3v) is 3.81. The van der Waals surface area contributed by atoms with Crippen molar-refractivity contribution in [1.29, 1.82) is 0 Å². The molecule has 0 aliphatic rings. The van der Waals surface area contributed by atoms with Gasteiger partial charge in [0.25, 0.3) is 11.8 Å². The Labute approximate surface area is 152 Å². The minimum atomic E-state index is -0.445. The number of benzene rings is 2. The molecule has 2 aromatic carbocycles. The van der Waals surface area contributed by atoms with E-state index in [0.29, 0.717) is 5.02 Å². The molecule has 0 aromatic heterocycles. The molecule has 130 valence electrons. The number of carbonyl (C=O) groups excluding carboxylic acids is 2. The van der Waals surface area contributed by atoms with Crippen LogP contribution >= 0.6 is 11.6 Å². The molecule has 6 heteroatoms. The maximum atomic E-state index is 11.8. The van der Waals surface area contributed by atoms with Crippen LogP contribution < -0.4 is 16.2 Å². The lowest BCUT2D eigenvalue weighted by Gasteiger charge is -2.10. The first-order chi connectivity index (χ1) is 12.0. The zero-order valence-corrected chi connectivity index (χ0v) is 14.9. The number of amides is 2. The van der Waals surface area contributed by atoms with Crippen molar-refractivity contribution in [3.8, 4) is 0 Å². The predicted molar refractivity (Wildman–Crippen MR) is 101 cm³/mol. The Balaban J connectivity index is 1.77. The third kappa shape index (κ3) is 5.97. The Kier molecular flexibility index (Phi) is 6.60. The van der Waals surface area contributed by atoms with Crippen molar-refractivity contribution in [2.45, 2.75) is 13.8 Å². The molecule has 0 aliphatic heterocycles. The Hall–Kier alpha value is -2.79. The van der Waals surface area contributed by atoms with E-state index >= 15 is 0 Å². The lowest BCUT2D eigenvalue weighted by Crippen LogP contribution is -2.43. The summed E-state index contributed by atoms with van der Waals surface area (Å²) < 4.78 is 0. The second-order valence-electron chi connectivity index (χ2n) is 5.56. The second-order valence-corrected chi connectivity index (χ2v) is 5.97. The molecular weight excluding hydrogens is 338 g/mol. The van der Waals surface area contributed by atoms with Crippen LogP contribution in [0.4, 0.5) is 5.69 Å². The smallest absolute Gasteiger partial charge is 0.262 e. The van der Waals surface area contributed by atoms with Crippen LogP contribution in [0.15, 0.2) is 48.5 Å². The average Bonchev–Trinajstić information content (AvgIpc) is 2.58. The quantitative estimate of drug-likeness (QED) is 0.568. The number of hydrazine groups is 1. The highest BCUT2D eigenvalue weighted by Crippen LogP contribution is 2.16. The van der Waals surface area contributed by atoms with Crippen LogP contribution in [0.3, 0.4) is 0 Å². The predicted octanol–water partition coefficient (Wildman–Crippen LogP) is 3.23. The number of hydrogen-bond acceptors (Lipinski definition) is 3. The summed E-state index contributed by atoms with van der Waals surface area (Å²) in [6.07, 6.45) is 2.89. The van der Waals surface area contributed by atoms with Crippen LogP contribution in [0.2, 0.25) is 5.02 Å². The Morgan fingerprint density at radius 1 is 1.08 bits per heavy atom. The van der Waals surface area contributed by atoms with E-state index in [1.807, 2.05) is 44.2 Å². The lowest BCUT2D eigenvalue weighted by molar-refractivity contribution is -0.125. The molecular formula is C19H20ClN3O2. The SMILES string of the molecule is Cc1ccc(NCC(=O)NNC(=O)/C=C/c2ccccc2Cl)c(C)c1. The van der Waals surface area contributed by atoms with E-state index in [2.05, 4.69) is 16.2 Å². The van der Waals surface area contributed by atoms with Crippen molar-refractivity contribution in [1.82, 2.24) is 10.9 Å². The largest absolute Gasteiger partial charge is 0.376 e. The number of aryl methyl sites for hydroxylation is 2. The molecule has 0 aliphatic carbocycles. The van der Waals surface area contributed by atoms with Gasteiger partial charge in [-0.25, -0.2) is 0 Å². The highest BCUT2D eigenvalue weighted by molar-refractivity contribution is 6.32. The van der Waals surface area contributed by atoms with Gasteiger partial charge in [-0.15, -0.1) is 0 Å². The summed E-state index contributed by atoms with van der Waals surface area (Å²) in [5.74, 6) is -0.792. The molecule has 2 rings (SSSR count). The van der Waals surface area contributed by atoms with Crippen molar-refractivity contribution >= 4 is 35.2 Å². The van der Waals surface area contributed by atoms with Crippen LogP contribution in [0.1, 0.15) is 16.7 Å². The van der Waals surface area contributed by atoms with Gasteiger partial charge in [-0.05, 0) is 43.2 Å². The first-order valence-electron chi connectivity index (χ1n) is 7.78. The monoisotopic (exact) mass is 357 g/mol. The fourth-order valence-electron chi connectivity index (χ4n) is 2.18. The van der Waals surface area contributed by atoms with E-state index in [-0.39, 0.29) is 12.5 Å². The molecule has 3 N–H and O–H groups in total. The van der Waals surface area contributed by atoms with Crippen molar-refractivity contribution in [2.24, 2.45) is 0 Å². The Morgan fingerprint density at radius 2 is 1.84 bits per heavy atom. The van der Waals surface area contributed by atoms with Crippen LogP contribution in [0, 0.1) is 13.8 Å². The highest BCUT2D eigenvalue weighted by atomic mass is 35.5. The topological polar surface area (TPSA) is 70.2 Å². The lowest BCUT2D eigenvalue weighted by atomic mass is 10.1. The van der Waals surface area contributed by atoms with Crippen molar-refractivity contribution < 1.29 is 9.59 Å². The number of rotatable bonds is 5. The zero-order chi connectivity index (χ0) is 18.2. The van der Waals surface area contributed by atoms with E-state index in [0.717, 1.165) is 22.4 Å². The van der Waals surface area contributed by atoms with Gasteiger partial charge in [0.05, 0.1) is 6.54 Å². The van der Waals surface area contributed by atoms with Crippen LogP contribution in [-0.4, -0.2) is 18.4 Å². The van der Waals surface area contributed by atoms with Crippen molar-refractivity contribution in [3.05, 3.63) is 70.3 Å². The van der Waals surface area contributed by atoms with Crippen molar-refractivity contribution in [3.63, 3.8) is 0 Å². The Bertz CT molecular complexity index is 803. The molecule has 25 heavy (non-hydrogen) atoms. The van der Waals surface area contributed by atoms with Gasteiger partial charge in [-0.1, -0.05) is 47.5 Å². The first-order valence-corrected chi connectivity index (χ1v) is 8.16. The molecule has 0 saturated carbocycles. The molecule has 0 fully saturated rings. The van der Waals surface area contributed by atoms with E-state index in [4.69, 9.17) is 11.6 Å². The molecule has 2 amide bonds. The van der Waals surface area contributed by atoms with E-state index in [1.165, 1.54) is 6.08 Å². The van der Waals surface area contributed by atoms with Gasteiger partial charge < -0.3 is 5.32 Å². The van der Waals surface area contributed by atoms with Gasteiger partial charge >= 0.3 is 0 Å². The molecule has 0 saturated heterocycles. The summed E-state index contributed by atoms with van der Waals surface area (Å²) in [5, 5.41) is 3.58. The van der Waals surface area contributed by atoms with E-state index in [9.17, 15) is 9.59 Å². The van der Waals surface area contributed by atoms with Gasteiger partial charge in [0, 0.05) is 16.8 Å². The summed E-state index contributed by atoms with van der Waals surface area (Å²) in [4.78, 5) is 23.5. The fraction of sp³-hybridized carbons (Fsp3) is 0.158. The van der Waals surface area contributed by atoms with E-state index in [1.54, 1.807) is 18.2 Å². The molecule has 0 spiro atoms. The van der Waals surface area contributed by atoms with Gasteiger partial charge in [-0.3, -0.25) is 20.4 Å². The number of halogens is 1. The maximum absolute atomic E-state index is 11.8. The molecule has 0 atom stereocenters. The van der Waals surface area contributed by atoms with Gasteiger partial charge in [0.15, 0.2) is 0 Å². The molecule has 0 heterocycles. The summed E-state index contributed by atoms with van der Waals surface area (Å²) in [6.45, 7) is 4.03. The summed E-state index contributed by atoms with van der Waals surface area (Å²) in [6, 6.07) is 13.1. The summed E-state index contributed by atoms with van der Waals surface area (Å²) in [5.41, 5.74) is 8.49. The highest BCUT2D eigenvalue weighted by Gasteiger charge is 2.04. The Morgan fingerprint density at radius 3 is 2.56 bits per heavy atom. The zero-order valence-electron chi connectivity index (χ0n) is 14.1. The minimum absolute atomic E-state index is 0.0540. The normalized spacial score (nSPS) is 10.5. The third-order valence-electron chi connectivity index (χ3n) is 3.47. The van der Waals surface area contributed by atoms with Crippen molar-refractivity contribution in [2.75, 3.05) is 11.9 Å². The van der Waals surface area contributed by atoms with E-state index < -0.39 is 5.91 Å². The molecule has 0 bridgehead atoms. The fourth-order valence-corrected chi connectivity index (χ4v) is 2.38. The number of nitrogens with one attached hydrogen (secondary N) is 3. The first kappa shape index (κ1) is 18.5. The summed E-state index contributed by atoms with van der Waals surface area (Å²) in [7, 11) is 0. The molecule has 2 aromatic rings. The van der Waals surface area contributed by atoms with Gasteiger partial charge in [-0.2, -0.15) is 0 Å². The van der Waals surface area contributed by atoms with Gasteiger partial charge in [0.1, 0.15) is 0 Å². The average molecular weight is 358 g/mol. The molecule has 0 radical (unpaired) electrons. The van der Waals surface area contributed by atoms with Crippen LogP contribution in [0.25, 0.3) is 6.08 Å². The summed E-state index contributed by atoms with van der Waals surface area (Å²) >= 11 is 6.00. The second kappa shape index (κ2) is 8.89. The standard InChI is InChI=1S/C19H20ClN3O2/c1-13-7-9-17(14(2)11-13)21-12-19(25)23-22-18(24)10-8-15-5-3-4-6-16(15)20/h3-11,21H,12H2,1-2H3,(H,22,24)(H,23,25)/b10-8+. The minimum Gasteiger partial charge on any atom is -0.376 e. The maximum Gasteiger partial charge on any atom is 0.262 e. The van der Waals surface area contributed by atoms with Gasteiger partial charge in [0.2, 0.25) is 0 Å². The number of anilines is 1. The number of carbonyl (C=O) groups is 2. The van der Waals surface area contributed by atoms with Crippen LogP contribution in [0.5, 0.6) is 0 Å². The molecule has 0 unspecified atom stereocenters. The molecule has 5 nitrogen and oxygen atoms in total. The number of hydrogen-bond donors (Lipinski definition) is 3.